The molecule has 30 heavy (non-hydrogen) atoms. The van der Waals surface area contributed by atoms with E-state index < -0.39 is 5.60 Å². The van der Waals surface area contributed by atoms with Gasteiger partial charge in [0.05, 0.1) is 11.6 Å². The highest BCUT2D eigenvalue weighted by Crippen LogP contribution is 2.44. The number of hydrogen-bond donors (Lipinski definition) is 1. The van der Waals surface area contributed by atoms with E-state index in [9.17, 15) is 9.59 Å². The molecule has 2 aliphatic rings. The minimum absolute atomic E-state index is 0.0237. The Kier molecular flexibility index (Phi) is 5.26. The SMILES string of the molecule is Cc1ccc(NC(=O)C2C3CCC2N(C(=O)OC(C)(C)C)C3)cc1-c1ccccn1. The number of carbonyl (C=O) groups is 2. The summed E-state index contributed by atoms with van der Waals surface area (Å²) in [6, 6.07) is 11.6. The lowest BCUT2D eigenvalue weighted by atomic mass is 9.97. The summed E-state index contributed by atoms with van der Waals surface area (Å²) in [6.07, 6.45) is 3.26. The fourth-order valence-corrected chi connectivity index (χ4v) is 4.64. The van der Waals surface area contributed by atoms with Gasteiger partial charge in [-0.1, -0.05) is 12.1 Å². The number of pyridine rings is 1. The summed E-state index contributed by atoms with van der Waals surface area (Å²) in [5, 5.41) is 3.08. The molecule has 1 saturated heterocycles. The molecule has 1 N–H and O–H groups in total. The number of amides is 2. The molecule has 1 aliphatic heterocycles. The highest BCUT2D eigenvalue weighted by Gasteiger charge is 2.52. The normalized spacial score (nSPS) is 22.8. The van der Waals surface area contributed by atoms with Crippen LogP contribution in [0.1, 0.15) is 39.2 Å². The Morgan fingerprint density at radius 2 is 1.97 bits per heavy atom. The molecule has 0 spiro atoms. The first-order valence-corrected chi connectivity index (χ1v) is 10.6. The zero-order valence-electron chi connectivity index (χ0n) is 18.0. The van der Waals surface area contributed by atoms with Crippen LogP contribution in [-0.4, -0.2) is 40.1 Å². The second kappa shape index (κ2) is 7.74. The largest absolute Gasteiger partial charge is 0.444 e. The molecule has 1 aromatic carbocycles. The Labute approximate surface area is 177 Å². The summed E-state index contributed by atoms with van der Waals surface area (Å²) in [6.45, 7) is 8.20. The lowest BCUT2D eigenvalue weighted by Crippen LogP contribution is -2.43. The fraction of sp³-hybridized carbons (Fsp3) is 0.458. The van der Waals surface area contributed by atoms with Crippen molar-refractivity contribution >= 4 is 17.7 Å². The van der Waals surface area contributed by atoms with E-state index in [4.69, 9.17) is 4.74 Å². The summed E-state index contributed by atoms with van der Waals surface area (Å²) in [7, 11) is 0. The van der Waals surface area contributed by atoms with Crippen LogP contribution in [0.2, 0.25) is 0 Å². The maximum Gasteiger partial charge on any atom is 0.410 e. The number of aromatic nitrogens is 1. The van der Waals surface area contributed by atoms with Gasteiger partial charge in [-0.2, -0.15) is 0 Å². The molecule has 2 aromatic rings. The molecule has 2 bridgehead atoms. The van der Waals surface area contributed by atoms with Crippen LogP contribution in [-0.2, 0) is 9.53 Å². The molecule has 3 atom stereocenters. The van der Waals surface area contributed by atoms with Crippen LogP contribution in [0.3, 0.4) is 0 Å². The van der Waals surface area contributed by atoms with Crippen molar-refractivity contribution < 1.29 is 14.3 Å². The highest BCUT2D eigenvalue weighted by molar-refractivity contribution is 5.95. The molecule has 2 amide bonds. The van der Waals surface area contributed by atoms with E-state index in [-0.39, 0.29) is 29.9 Å². The van der Waals surface area contributed by atoms with Crippen LogP contribution < -0.4 is 5.32 Å². The quantitative estimate of drug-likeness (QED) is 0.804. The van der Waals surface area contributed by atoms with E-state index >= 15 is 0 Å². The zero-order chi connectivity index (χ0) is 21.5. The number of nitrogens with zero attached hydrogens (tertiary/aromatic N) is 2. The average Bonchev–Trinajstić information content (AvgIpc) is 3.27. The molecule has 6 heteroatoms. The van der Waals surface area contributed by atoms with E-state index in [0.717, 1.165) is 35.3 Å². The van der Waals surface area contributed by atoms with Crippen molar-refractivity contribution in [3.05, 3.63) is 48.2 Å². The van der Waals surface area contributed by atoms with Crippen molar-refractivity contribution in [1.29, 1.82) is 0 Å². The van der Waals surface area contributed by atoms with Gasteiger partial charge in [-0.25, -0.2) is 4.79 Å². The fourth-order valence-electron chi connectivity index (χ4n) is 4.64. The van der Waals surface area contributed by atoms with Gasteiger partial charge in [0, 0.05) is 30.0 Å². The third-order valence-corrected chi connectivity index (χ3v) is 5.96. The highest BCUT2D eigenvalue weighted by atomic mass is 16.6. The van der Waals surface area contributed by atoms with Gasteiger partial charge in [0.15, 0.2) is 0 Å². The van der Waals surface area contributed by atoms with Crippen molar-refractivity contribution in [1.82, 2.24) is 9.88 Å². The van der Waals surface area contributed by atoms with Gasteiger partial charge in [-0.05, 0) is 76.3 Å². The maximum atomic E-state index is 13.2. The number of anilines is 1. The molecule has 3 unspecified atom stereocenters. The summed E-state index contributed by atoms with van der Waals surface area (Å²) in [5.41, 5.74) is 3.19. The van der Waals surface area contributed by atoms with Crippen LogP contribution in [0.4, 0.5) is 10.5 Å². The number of carbonyl (C=O) groups excluding carboxylic acids is 2. The Balaban J connectivity index is 1.49. The number of fused-ring (bicyclic) bond motifs is 2. The van der Waals surface area contributed by atoms with Crippen LogP contribution in [0, 0.1) is 18.8 Å². The van der Waals surface area contributed by atoms with Gasteiger partial charge in [-0.3, -0.25) is 9.78 Å². The number of benzene rings is 1. The van der Waals surface area contributed by atoms with Gasteiger partial charge in [0.1, 0.15) is 5.60 Å². The predicted molar refractivity (Wildman–Crippen MR) is 116 cm³/mol. The smallest absolute Gasteiger partial charge is 0.410 e. The Morgan fingerprint density at radius 1 is 1.17 bits per heavy atom. The number of likely N-dealkylation sites (tertiary alicyclic amines) is 1. The number of ether oxygens (including phenoxy) is 1. The predicted octanol–water partition coefficient (Wildman–Crippen LogP) is 4.64. The van der Waals surface area contributed by atoms with Gasteiger partial charge in [0.2, 0.25) is 5.91 Å². The summed E-state index contributed by atoms with van der Waals surface area (Å²) in [5.74, 6) is -0.0373. The van der Waals surface area contributed by atoms with Gasteiger partial charge in [-0.15, -0.1) is 0 Å². The van der Waals surface area contributed by atoms with Crippen LogP contribution in [0.25, 0.3) is 11.3 Å². The number of nitrogens with one attached hydrogen (secondary N) is 1. The monoisotopic (exact) mass is 407 g/mol. The first kappa shape index (κ1) is 20.4. The van der Waals surface area contributed by atoms with Gasteiger partial charge in [0.25, 0.3) is 0 Å². The minimum Gasteiger partial charge on any atom is -0.444 e. The van der Waals surface area contributed by atoms with Crippen molar-refractivity contribution in [2.75, 3.05) is 11.9 Å². The number of hydrogen-bond acceptors (Lipinski definition) is 4. The Bertz CT molecular complexity index is 952. The van der Waals surface area contributed by atoms with E-state index in [1.165, 1.54) is 0 Å². The van der Waals surface area contributed by atoms with Crippen LogP contribution in [0.15, 0.2) is 42.6 Å². The molecule has 2 heterocycles. The summed E-state index contributed by atoms with van der Waals surface area (Å²) in [4.78, 5) is 31.9. The lowest BCUT2D eigenvalue weighted by molar-refractivity contribution is -0.120. The molecular formula is C24H29N3O3. The number of rotatable bonds is 3. The number of aryl methyl sites for hydroxylation is 1. The maximum absolute atomic E-state index is 13.2. The number of piperidine rings is 1. The van der Waals surface area contributed by atoms with Crippen LogP contribution in [0.5, 0.6) is 0 Å². The molecule has 4 rings (SSSR count). The first-order valence-electron chi connectivity index (χ1n) is 10.6. The van der Waals surface area contributed by atoms with Crippen molar-refractivity contribution in [3.8, 4) is 11.3 Å². The molecule has 1 aromatic heterocycles. The second-order valence-corrected chi connectivity index (χ2v) is 9.30. The standard InChI is InChI=1S/C24H29N3O3/c1-15-8-10-17(13-18(15)19-7-5-6-12-25-19)26-22(28)21-16-9-11-20(21)27(14-16)23(29)30-24(2,3)4/h5-8,10,12-13,16,20-21H,9,11,14H2,1-4H3,(H,26,28). The Hall–Kier alpha value is -2.89. The summed E-state index contributed by atoms with van der Waals surface area (Å²) >= 11 is 0. The van der Waals surface area contributed by atoms with E-state index in [1.54, 1.807) is 11.1 Å². The van der Waals surface area contributed by atoms with Gasteiger partial charge >= 0.3 is 6.09 Å². The minimum atomic E-state index is -0.541. The molecule has 1 saturated carbocycles. The molecule has 158 valence electrons. The topological polar surface area (TPSA) is 71.5 Å². The third-order valence-electron chi connectivity index (χ3n) is 5.96. The first-order chi connectivity index (χ1) is 14.2. The average molecular weight is 408 g/mol. The van der Waals surface area contributed by atoms with E-state index in [0.29, 0.717) is 6.54 Å². The van der Waals surface area contributed by atoms with Crippen LogP contribution >= 0.6 is 0 Å². The second-order valence-electron chi connectivity index (χ2n) is 9.30. The van der Waals surface area contributed by atoms with Crippen molar-refractivity contribution in [2.24, 2.45) is 11.8 Å². The van der Waals surface area contributed by atoms with E-state index in [1.807, 2.05) is 64.1 Å². The van der Waals surface area contributed by atoms with E-state index in [2.05, 4.69) is 10.3 Å². The lowest BCUT2D eigenvalue weighted by Gasteiger charge is -2.30. The third kappa shape index (κ3) is 4.04. The molecule has 2 fully saturated rings. The summed E-state index contributed by atoms with van der Waals surface area (Å²) < 4.78 is 5.55. The molecule has 1 aliphatic carbocycles. The zero-order valence-corrected chi connectivity index (χ0v) is 18.0. The Morgan fingerprint density at radius 3 is 2.67 bits per heavy atom. The van der Waals surface area contributed by atoms with Gasteiger partial charge < -0.3 is 15.0 Å². The molecule has 6 nitrogen and oxygen atoms in total. The molecular weight excluding hydrogens is 378 g/mol. The van der Waals surface area contributed by atoms with Crippen molar-refractivity contribution in [3.63, 3.8) is 0 Å². The van der Waals surface area contributed by atoms with Crippen molar-refractivity contribution in [2.45, 2.75) is 52.2 Å². The molecule has 0 radical (unpaired) electrons.